The summed E-state index contributed by atoms with van der Waals surface area (Å²) in [7, 11) is 0. The van der Waals surface area contributed by atoms with E-state index in [-0.39, 0.29) is 11.9 Å². The molecule has 7 heteroatoms. The molecule has 5 nitrogen and oxygen atoms in total. The molecule has 0 saturated carbocycles. The summed E-state index contributed by atoms with van der Waals surface area (Å²) in [6, 6.07) is 7.17. The Labute approximate surface area is 155 Å². The van der Waals surface area contributed by atoms with Crippen molar-refractivity contribution in [2.75, 3.05) is 0 Å². The van der Waals surface area contributed by atoms with Gasteiger partial charge in [0.1, 0.15) is 5.76 Å². The molecule has 1 unspecified atom stereocenters. The van der Waals surface area contributed by atoms with Gasteiger partial charge in [-0.15, -0.1) is 0 Å². The Morgan fingerprint density at radius 2 is 2.15 bits per heavy atom. The number of nitrogens with one attached hydrogen (secondary N) is 1. The molecular weight excluding hydrogens is 352 g/mol. The zero-order valence-corrected chi connectivity index (χ0v) is 14.8. The number of nitrogens with zero attached hydrogens (tertiary/aromatic N) is 2. The number of fused-ring (bicyclic) bond motifs is 1. The lowest BCUT2D eigenvalue weighted by atomic mass is 10.1. The fourth-order valence-electron chi connectivity index (χ4n) is 3.52. The standard InChI is InChI=1S/C20H19F2N3O2/c1-12(10-14-4-3-9-27-14)23-20(26)19-15-5-2-6-18(15)25(24-19)13-7-8-16(21)17(22)11-13/h3-4,7-9,11-12H,2,5-6,10H2,1H3,(H,23,26). The molecule has 1 aromatic carbocycles. The van der Waals surface area contributed by atoms with Crippen molar-refractivity contribution in [1.82, 2.24) is 15.1 Å². The molecule has 1 aliphatic carbocycles. The molecule has 1 aliphatic rings. The van der Waals surface area contributed by atoms with Gasteiger partial charge in [-0.2, -0.15) is 5.10 Å². The molecule has 0 saturated heterocycles. The van der Waals surface area contributed by atoms with Crippen LogP contribution in [-0.2, 0) is 19.3 Å². The highest BCUT2D eigenvalue weighted by molar-refractivity contribution is 5.94. The summed E-state index contributed by atoms with van der Waals surface area (Å²) in [4.78, 5) is 12.8. The van der Waals surface area contributed by atoms with Crippen LogP contribution in [0.2, 0.25) is 0 Å². The molecule has 0 bridgehead atoms. The normalized spacial score (nSPS) is 14.2. The summed E-state index contributed by atoms with van der Waals surface area (Å²) in [5.41, 5.74) is 2.51. The fraction of sp³-hybridized carbons (Fsp3) is 0.300. The van der Waals surface area contributed by atoms with E-state index in [2.05, 4.69) is 10.4 Å². The lowest BCUT2D eigenvalue weighted by Gasteiger charge is -2.12. The zero-order chi connectivity index (χ0) is 19.0. The molecular formula is C20H19F2N3O2. The fourth-order valence-corrected chi connectivity index (χ4v) is 3.52. The van der Waals surface area contributed by atoms with E-state index in [4.69, 9.17) is 4.42 Å². The van der Waals surface area contributed by atoms with Crippen LogP contribution >= 0.6 is 0 Å². The largest absolute Gasteiger partial charge is 0.469 e. The van der Waals surface area contributed by atoms with Gasteiger partial charge in [0.25, 0.3) is 5.91 Å². The maximum absolute atomic E-state index is 13.6. The number of hydrogen-bond acceptors (Lipinski definition) is 3. The number of rotatable bonds is 5. The summed E-state index contributed by atoms with van der Waals surface area (Å²) in [5.74, 6) is -1.33. The molecule has 0 aliphatic heterocycles. The predicted octanol–water partition coefficient (Wildman–Crippen LogP) is 3.59. The molecule has 1 amide bonds. The minimum Gasteiger partial charge on any atom is -0.469 e. The van der Waals surface area contributed by atoms with Gasteiger partial charge in [-0.05, 0) is 50.5 Å². The quantitative estimate of drug-likeness (QED) is 0.746. The first kappa shape index (κ1) is 17.5. The van der Waals surface area contributed by atoms with Crippen LogP contribution in [-0.4, -0.2) is 21.7 Å². The molecule has 4 rings (SSSR count). The third kappa shape index (κ3) is 3.37. The SMILES string of the molecule is CC(Cc1ccco1)NC(=O)c1nn(-c2ccc(F)c(F)c2)c2c1CCC2. The van der Waals surface area contributed by atoms with E-state index in [1.54, 1.807) is 17.0 Å². The lowest BCUT2D eigenvalue weighted by molar-refractivity contribution is 0.0933. The summed E-state index contributed by atoms with van der Waals surface area (Å²) in [6.07, 6.45) is 4.56. The number of aromatic nitrogens is 2. The number of carbonyl (C=O) groups excluding carboxylic acids is 1. The smallest absolute Gasteiger partial charge is 0.272 e. The average molecular weight is 371 g/mol. The van der Waals surface area contributed by atoms with E-state index in [9.17, 15) is 13.6 Å². The molecule has 1 N–H and O–H groups in total. The lowest BCUT2D eigenvalue weighted by Crippen LogP contribution is -2.34. The summed E-state index contributed by atoms with van der Waals surface area (Å²) in [5, 5.41) is 7.36. The molecule has 1 atom stereocenters. The molecule has 2 heterocycles. The third-order valence-electron chi connectivity index (χ3n) is 4.76. The van der Waals surface area contributed by atoms with Crippen LogP contribution in [0.3, 0.4) is 0 Å². The van der Waals surface area contributed by atoms with Crippen molar-refractivity contribution in [3.05, 3.63) is 70.9 Å². The van der Waals surface area contributed by atoms with Crippen LogP contribution in [0.4, 0.5) is 8.78 Å². The van der Waals surface area contributed by atoms with Crippen molar-refractivity contribution >= 4 is 5.91 Å². The highest BCUT2D eigenvalue weighted by Crippen LogP contribution is 2.28. The maximum atomic E-state index is 13.6. The summed E-state index contributed by atoms with van der Waals surface area (Å²) < 4.78 is 33.7. The first-order valence-electron chi connectivity index (χ1n) is 8.92. The zero-order valence-electron chi connectivity index (χ0n) is 14.8. The van der Waals surface area contributed by atoms with Crippen molar-refractivity contribution in [2.45, 2.75) is 38.6 Å². The molecule has 3 aromatic rings. The molecule has 140 valence electrons. The van der Waals surface area contributed by atoms with E-state index in [0.717, 1.165) is 48.4 Å². The molecule has 0 radical (unpaired) electrons. The van der Waals surface area contributed by atoms with Crippen LogP contribution in [0.1, 0.15) is 40.9 Å². The van der Waals surface area contributed by atoms with Crippen molar-refractivity contribution in [1.29, 1.82) is 0 Å². The van der Waals surface area contributed by atoms with E-state index in [0.29, 0.717) is 17.8 Å². The van der Waals surface area contributed by atoms with Crippen LogP contribution in [0.5, 0.6) is 0 Å². The average Bonchev–Trinajstić information content (AvgIpc) is 3.34. The van der Waals surface area contributed by atoms with Crippen molar-refractivity contribution in [3.63, 3.8) is 0 Å². The van der Waals surface area contributed by atoms with Gasteiger partial charge in [0.05, 0.1) is 12.0 Å². The van der Waals surface area contributed by atoms with Crippen LogP contribution in [0, 0.1) is 11.6 Å². The third-order valence-corrected chi connectivity index (χ3v) is 4.76. The van der Waals surface area contributed by atoms with Crippen molar-refractivity contribution in [3.8, 4) is 5.69 Å². The van der Waals surface area contributed by atoms with E-state index in [1.165, 1.54) is 6.07 Å². The van der Waals surface area contributed by atoms with E-state index in [1.807, 2.05) is 13.0 Å². The Morgan fingerprint density at radius 1 is 1.30 bits per heavy atom. The van der Waals surface area contributed by atoms with Crippen LogP contribution in [0.25, 0.3) is 5.69 Å². The van der Waals surface area contributed by atoms with E-state index >= 15 is 0 Å². The minimum absolute atomic E-state index is 0.130. The Balaban J connectivity index is 1.60. The van der Waals surface area contributed by atoms with Gasteiger partial charge in [-0.25, -0.2) is 13.5 Å². The van der Waals surface area contributed by atoms with Crippen LogP contribution < -0.4 is 5.32 Å². The number of hydrogen-bond donors (Lipinski definition) is 1. The van der Waals surface area contributed by atoms with E-state index < -0.39 is 11.6 Å². The Kier molecular flexibility index (Phi) is 4.51. The molecule has 2 aromatic heterocycles. The molecule has 0 spiro atoms. The van der Waals surface area contributed by atoms with Gasteiger partial charge in [0.15, 0.2) is 17.3 Å². The second-order valence-corrected chi connectivity index (χ2v) is 6.80. The Hall–Kier alpha value is -2.96. The van der Waals surface area contributed by atoms with Gasteiger partial charge < -0.3 is 9.73 Å². The number of furan rings is 1. The molecule has 0 fully saturated rings. The second kappa shape index (κ2) is 6.98. The maximum Gasteiger partial charge on any atom is 0.272 e. The summed E-state index contributed by atoms with van der Waals surface area (Å²) in [6.45, 7) is 1.90. The number of benzene rings is 1. The minimum atomic E-state index is -0.937. The topological polar surface area (TPSA) is 60.1 Å². The number of carbonyl (C=O) groups is 1. The predicted molar refractivity (Wildman–Crippen MR) is 94.8 cm³/mol. The summed E-state index contributed by atoms with van der Waals surface area (Å²) >= 11 is 0. The Bertz CT molecular complexity index is 980. The Morgan fingerprint density at radius 3 is 2.89 bits per heavy atom. The van der Waals surface area contributed by atoms with Crippen molar-refractivity contribution in [2.24, 2.45) is 0 Å². The van der Waals surface area contributed by atoms with Crippen LogP contribution in [0.15, 0.2) is 41.0 Å². The van der Waals surface area contributed by atoms with Gasteiger partial charge in [0, 0.05) is 29.8 Å². The van der Waals surface area contributed by atoms with Gasteiger partial charge >= 0.3 is 0 Å². The van der Waals surface area contributed by atoms with Gasteiger partial charge in [-0.1, -0.05) is 0 Å². The molecule has 27 heavy (non-hydrogen) atoms. The van der Waals surface area contributed by atoms with Crippen molar-refractivity contribution < 1.29 is 18.0 Å². The highest BCUT2D eigenvalue weighted by atomic mass is 19.2. The highest BCUT2D eigenvalue weighted by Gasteiger charge is 2.27. The first-order valence-corrected chi connectivity index (χ1v) is 8.92. The van der Waals surface area contributed by atoms with Gasteiger partial charge in [-0.3, -0.25) is 4.79 Å². The number of amides is 1. The monoisotopic (exact) mass is 371 g/mol. The second-order valence-electron chi connectivity index (χ2n) is 6.80. The van der Waals surface area contributed by atoms with Gasteiger partial charge in [0.2, 0.25) is 0 Å². The number of halogens is 2. The first-order chi connectivity index (χ1) is 13.0.